The first-order chi connectivity index (χ1) is 7.15. The van der Waals surface area contributed by atoms with Gasteiger partial charge in [-0.1, -0.05) is 13.8 Å². The summed E-state index contributed by atoms with van der Waals surface area (Å²) in [5.74, 6) is 0.416. The van der Waals surface area contributed by atoms with Crippen molar-refractivity contribution in [1.82, 2.24) is 14.9 Å². The monoisotopic (exact) mass is 273 g/mol. The van der Waals surface area contributed by atoms with Crippen LogP contribution in [-0.4, -0.2) is 22.6 Å². The van der Waals surface area contributed by atoms with Crippen molar-refractivity contribution < 1.29 is 0 Å². The zero-order chi connectivity index (χ0) is 11.3. The standard InChI is InChI=1S/C10H16BrN3O/c1-3-12-4-8(2)6-14-7-13-5-9(11)10(14)15/h5,7-8,12H,3-4,6H2,1-2H3. The maximum atomic E-state index is 11.6. The van der Waals surface area contributed by atoms with Crippen LogP contribution >= 0.6 is 15.9 Å². The lowest BCUT2D eigenvalue weighted by molar-refractivity contribution is 0.440. The molecule has 0 aliphatic carbocycles. The first-order valence-electron chi connectivity index (χ1n) is 5.05. The van der Waals surface area contributed by atoms with Gasteiger partial charge in [0.2, 0.25) is 0 Å². The average molecular weight is 274 g/mol. The zero-order valence-corrected chi connectivity index (χ0v) is 10.6. The van der Waals surface area contributed by atoms with Crippen molar-refractivity contribution in [3.8, 4) is 0 Å². The molecule has 0 aliphatic heterocycles. The minimum absolute atomic E-state index is 0.0200. The molecule has 15 heavy (non-hydrogen) atoms. The summed E-state index contributed by atoms with van der Waals surface area (Å²) in [5, 5.41) is 3.25. The van der Waals surface area contributed by atoms with Crippen molar-refractivity contribution >= 4 is 15.9 Å². The molecule has 0 amide bonds. The molecule has 1 N–H and O–H groups in total. The Bertz CT molecular complexity index is 364. The molecule has 4 nitrogen and oxygen atoms in total. The number of rotatable bonds is 5. The van der Waals surface area contributed by atoms with Gasteiger partial charge in [0.05, 0.1) is 6.33 Å². The lowest BCUT2D eigenvalue weighted by Crippen LogP contribution is -2.29. The van der Waals surface area contributed by atoms with E-state index in [1.165, 1.54) is 6.20 Å². The van der Waals surface area contributed by atoms with Gasteiger partial charge in [-0.15, -0.1) is 0 Å². The Morgan fingerprint density at radius 2 is 2.40 bits per heavy atom. The number of aromatic nitrogens is 2. The molecular formula is C10H16BrN3O. The summed E-state index contributed by atoms with van der Waals surface area (Å²) in [6.07, 6.45) is 3.10. The lowest BCUT2D eigenvalue weighted by atomic mass is 10.2. The van der Waals surface area contributed by atoms with Gasteiger partial charge in [0.1, 0.15) is 4.47 Å². The summed E-state index contributed by atoms with van der Waals surface area (Å²) < 4.78 is 2.15. The number of nitrogens with zero attached hydrogens (tertiary/aromatic N) is 2. The highest BCUT2D eigenvalue weighted by Crippen LogP contribution is 2.01. The fraction of sp³-hybridized carbons (Fsp3) is 0.600. The molecular weight excluding hydrogens is 258 g/mol. The Kier molecular flexibility index (Phi) is 4.98. The van der Waals surface area contributed by atoms with E-state index in [1.54, 1.807) is 10.9 Å². The molecule has 0 aliphatic rings. The van der Waals surface area contributed by atoms with Gasteiger partial charge in [0, 0.05) is 12.7 Å². The van der Waals surface area contributed by atoms with E-state index in [4.69, 9.17) is 0 Å². The third kappa shape index (κ3) is 3.76. The van der Waals surface area contributed by atoms with Gasteiger partial charge in [0.25, 0.3) is 5.56 Å². The molecule has 1 atom stereocenters. The summed E-state index contributed by atoms with van der Waals surface area (Å²) in [6.45, 7) is 6.74. The van der Waals surface area contributed by atoms with Crippen molar-refractivity contribution in [3.63, 3.8) is 0 Å². The fourth-order valence-corrected chi connectivity index (χ4v) is 1.69. The van der Waals surface area contributed by atoms with Gasteiger partial charge < -0.3 is 5.32 Å². The largest absolute Gasteiger partial charge is 0.317 e. The summed E-state index contributed by atoms with van der Waals surface area (Å²) in [5.41, 5.74) is -0.0200. The van der Waals surface area contributed by atoms with Crippen LogP contribution in [0.15, 0.2) is 21.8 Å². The highest BCUT2D eigenvalue weighted by Gasteiger charge is 2.05. The van der Waals surface area contributed by atoms with E-state index in [2.05, 4.69) is 40.1 Å². The lowest BCUT2D eigenvalue weighted by Gasteiger charge is -2.13. The van der Waals surface area contributed by atoms with E-state index in [1.807, 2.05) is 0 Å². The molecule has 1 unspecified atom stereocenters. The number of halogens is 1. The second-order valence-electron chi connectivity index (χ2n) is 3.61. The molecule has 5 heteroatoms. The van der Waals surface area contributed by atoms with E-state index in [-0.39, 0.29) is 5.56 Å². The van der Waals surface area contributed by atoms with Crippen LogP contribution in [0.2, 0.25) is 0 Å². The quantitative estimate of drug-likeness (QED) is 0.879. The Hall–Kier alpha value is -0.680. The topological polar surface area (TPSA) is 46.9 Å². The second kappa shape index (κ2) is 6.02. The third-order valence-electron chi connectivity index (χ3n) is 2.11. The highest BCUT2D eigenvalue weighted by molar-refractivity contribution is 9.10. The summed E-state index contributed by atoms with van der Waals surface area (Å²) >= 11 is 3.18. The van der Waals surface area contributed by atoms with E-state index < -0.39 is 0 Å². The Balaban J connectivity index is 2.64. The van der Waals surface area contributed by atoms with Crippen molar-refractivity contribution in [1.29, 1.82) is 0 Å². The smallest absolute Gasteiger partial charge is 0.267 e. The Morgan fingerprint density at radius 1 is 1.67 bits per heavy atom. The predicted molar refractivity (Wildman–Crippen MR) is 63.9 cm³/mol. The molecule has 0 saturated carbocycles. The van der Waals surface area contributed by atoms with Crippen LogP contribution in [-0.2, 0) is 6.54 Å². The average Bonchev–Trinajstić information content (AvgIpc) is 2.22. The molecule has 0 fully saturated rings. The molecule has 1 heterocycles. The van der Waals surface area contributed by atoms with E-state index >= 15 is 0 Å². The maximum absolute atomic E-state index is 11.6. The molecule has 1 aromatic rings. The van der Waals surface area contributed by atoms with E-state index in [0.29, 0.717) is 16.9 Å². The molecule has 0 aromatic carbocycles. The van der Waals surface area contributed by atoms with Gasteiger partial charge >= 0.3 is 0 Å². The molecule has 84 valence electrons. The van der Waals surface area contributed by atoms with Crippen LogP contribution in [0, 0.1) is 5.92 Å². The van der Waals surface area contributed by atoms with Gasteiger partial charge in [0.15, 0.2) is 0 Å². The predicted octanol–water partition coefficient (Wildman–Crippen LogP) is 1.25. The van der Waals surface area contributed by atoms with E-state index in [0.717, 1.165) is 13.1 Å². The normalized spacial score (nSPS) is 12.7. The van der Waals surface area contributed by atoms with Crippen molar-refractivity contribution in [2.24, 2.45) is 5.92 Å². The molecule has 0 spiro atoms. The third-order valence-corrected chi connectivity index (χ3v) is 2.65. The molecule has 1 aromatic heterocycles. The summed E-state index contributed by atoms with van der Waals surface area (Å²) in [6, 6.07) is 0. The number of hydrogen-bond acceptors (Lipinski definition) is 3. The Morgan fingerprint density at radius 3 is 3.07 bits per heavy atom. The molecule has 0 saturated heterocycles. The molecule has 1 rings (SSSR count). The number of nitrogens with one attached hydrogen (secondary N) is 1. The minimum atomic E-state index is -0.0200. The van der Waals surface area contributed by atoms with Crippen LogP contribution in [0.25, 0.3) is 0 Å². The van der Waals surface area contributed by atoms with Crippen molar-refractivity contribution in [3.05, 3.63) is 27.4 Å². The van der Waals surface area contributed by atoms with Crippen LogP contribution < -0.4 is 10.9 Å². The minimum Gasteiger partial charge on any atom is -0.317 e. The fourth-order valence-electron chi connectivity index (χ4n) is 1.35. The molecule has 0 radical (unpaired) electrons. The highest BCUT2D eigenvalue weighted by atomic mass is 79.9. The summed E-state index contributed by atoms with van der Waals surface area (Å²) in [4.78, 5) is 15.6. The van der Waals surface area contributed by atoms with Gasteiger partial charge in [-0.05, 0) is 34.9 Å². The van der Waals surface area contributed by atoms with Crippen LogP contribution in [0.4, 0.5) is 0 Å². The van der Waals surface area contributed by atoms with Gasteiger partial charge in [-0.3, -0.25) is 9.36 Å². The zero-order valence-electron chi connectivity index (χ0n) is 9.03. The van der Waals surface area contributed by atoms with Gasteiger partial charge in [-0.25, -0.2) is 4.98 Å². The first-order valence-corrected chi connectivity index (χ1v) is 5.85. The Labute approximate surface area is 97.8 Å². The van der Waals surface area contributed by atoms with Crippen molar-refractivity contribution in [2.75, 3.05) is 13.1 Å². The summed E-state index contributed by atoms with van der Waals surface area (Å²) in [7, 11) is 0. The van der Waals surface area contributed by atoms with Crippen LogP contribution in [0.5, 0.6) is 0 Å². The van der Waals surface area contributed by atoms with E-state index in [9.17, 15) is 4.79 Å². The molecule has 0 bridgehead atoms. The van der Waals surface area contributed by atoms with Crippen LogP contribution in [0.3, 0.4) is 0 Å². The second-order valence-corrected chi connectivity index (χ2v) is 4.47. The van der Waals surface area contributed by atoms with Crippen LogP contribution in [0.1, 0.15) is 13.8 Å². The van der Waals surface area contributed by atoms with Gasteiger partial charge in [-0.2, -0.15) is 0 Å². The maximum Gasteiger partial charge on any atom is 0.267 e. The first kappa shape index (κ1) is 12.4. The number of hydrogen-bond donors (Lipinski definition) is 1. The SMILES string of the molecule is CCNCC(C)Cn1cncc(Br)c1=O. The van der Waals surface area contributed by atoms with Crippen molar-refractivity contribution in [2.45, 2.75) is 20.4 Å².